The van der Waals surface area contributed by atoms with Gasteiger partial charge in [0.2, 0.25) is 5.76 Å². The molecule has 4 nitrogen and oxygen atoms in total. The van der Waals surface area contributed by atoms with E-state index in [0.717, 1.165) is 7.11 Å². The van der Waals surface area contributed by atoms with Gasteiger partial charge in [-0.05, 0) is 0 Å². The summed E-state index contributed by atoms with van der Waals surface area (Å²) in [6.45, 7) is 0. The second-order valence-electron chi connectivity index (χ2n) is 1.00. The van der Waals surface area contributed by atoms with Gasteiger partial charge in [0, 0.05) is 0 Å². The Bertz CT molecular complexity index is 121. The molecule has 0 unspecified atom stereocenters. The number of hydrogen-bond donors (Lipinski definition) is 2. The Balaban J connectivity index is -0.000000245. The Morgan fingerprint density at radius 2 is 2.00 bits per heavy atom. The molecule has 0 aliphatic carbocycles. The van der Waals surface area contributed by atoms with Gasteiger partial charge in [-0.25, -0.2) is 4.79 Å². The van der Waals surface area contributed by atoms with Crippen LogP contribution in [-0.2, 0) is 9.53 Å². The molecule has 0 heterocycles. The second kappa shape index (κ2) is 8.81. The fourth-order valence-corrected chi connectivity index (χ4v) is 0.195. The number of hydrogen-bond acceptors (Lipinski definition) is 3. The number of aliphatic carboxylic acids is 1. The van der Waals surface area contributed by atoms with Crippen LogP contribution in [0.4, 0.5) is 0 Å². The minimum Gasteiger partial charge on any atom is -0.511 e. The topological polar surface area (TPSA) is 66.8 Å². The van der Waals surface area contributed by atoms with E-state index >= 15 is 0 Å². The summed E-state index contributed by atoms with van der Waals surface area (Å²) in [5.74, 6) is -1.75. The summed E-state index contributed by atoms with van der Waals surface area (Å²) in [7, 11) is 1.16. The third-order valence-electron chi connectivity index (χ3n) is 0.548. The van der Waals surface area contributed by atoms with Crippen molar-refractivity contribution < 1.29 is 49.3 Å². The van der Waals surface area contributed by atoms with Crippen LogP contribution in [0.3, 0.4) is 0 Å². The quantitative estimate of drug-likeness (QED) is 0.202. The van der Waals surface area contributed by atoms with Gasteiger partial charge in [-0.15, -0.1) is 0 Å². The maximum Gasteiger partial charge on any atom is 1.00 e. The molecule has 0 aliphatic rings. The van der Waals surface area contributed by atoms with E-state index in [1.54, 1.807) is 0 Å². The van der Waals surface area contributed by atoms with Crippen LogP contribution in [0.15, 0.2) is 12.0 Å². The first kappa shape index (κ1) is 16.4. The number of carboxylic acids is 1. The van der Waals surface area contributed by atoms with Crippen molar-refractivity contribution in [2.24, 2.45) is 0 Å². The second-order valence-corrected chi connectivity index (χ2v) is 1.00. The van der Waals surface area contributed by atoms with Gasteiger partial charge >= 0.3 is 35.5 Å². The van der Waals surface area contributed by atoms with Crippen LogP contribution < -0.4 is 29.6 Å². The van der Waals surface area contributed by atoms with Gasteiger partial charge in [0.25, 0.3) is 0 Å². The largest absolute Gasteiger partial charge is 1.00 e. The summed E-state index contributed by atoms with van der Waals surface area (Å²) in [5.41, 5.74) is 0. The van der Waals surface area contributed by atoms with Crippen molar-refractivity contribution >= 4 is 5.97 Å². The van der Waals surface area contributed by atoms with E-state index in [0.29, 0.717) is 6.26 Å². The van der Waals surface area contributed by atoms with Crippen molar-refractivity contribution in [3.05, 3.63) is 19.4 Å². The number of rotatable bonds is 2. The first-order chi connectivity index (χ1) is 3.72. The first-order valence-corrected chi connectivity index (χ1v) is 1.84. The Labute approximate surface area is 81.8 Å². The third kappa shape index (κ3) is 5.94. The Hall–Kier alpha value is -0.190. The number of ether oxygens (including phenoxy) is 1. The number of aliphatic hydroxyl groups is 1. The minimum absolute atomic E-state index is 0. The molecule has 0 aromatic rings. The summed E-state index contributed by atoms with van der Waals surface area (Å²) in [5, 5.41) is 16.0. The van der Waals surface area contributed by atoms with Crippen LogP contribution in [0.25, 0.3) is 0 Å². The average molecular weight is 156 g/mol. The van der Waals surface area contributed by atoms with Gasteiger partial charge in [0.1, 0.15) is 6.26 Å². The van der Waals surface area contributed by atoms with Crippen molar-refractivity contribution in [2.75, 3.05) is 7.11 Å². The molecule has 0 aromatic carbocycles. The van der Waals surface area contributed by atoms with E-state index in [1.807, 2.05) is 0 Å². The molecule has 0 saturated heterocycles. The van der Waals surface area contributed by atoms with Crippen molar-refractivity contribution in [1.29, 1.82) is 0 Å². The van der Waals surface area contributed by atoms with Gasteiger partial charge < -0.3 is 22.4 Å². The summed E-state index contributed by atoms with van der Waals surface area (Å²) in [4.78, 5) is 9.81. The third-order valence-corrected chi connectivity index (χ3v) is 0.548. The molecule has 0 saturated carbocycles. The van der Waals surface area contributed by atoms with Crippen LogP contribution in [0.1, 0.15) is 0 Å². The van der Waals surface area contributed by atoms with Crippen LogP contribution in [0.2, 0.25) is 0 Å². The molecule has 0 rings (SSSR count). The zero-order valence-corrected chi connectivity index (χ0v) is 8.29. The van der Waals surface area contributed by atoms with Gasteiger partial charge in [0.15, 0.2) is 0 Å². The minimum atomic E-state index is -1.28. The van der Waals surface area contributed by atoms with E-state index in [1.165, 1.54) is 0 Å². The molecule has 0 radical (unpaired) electrons. The molecule has 10 heavy (non-hydrogen) atoms. The predicted octanol–water partition coefficient (Wildman–Crippen LogP) is -2.43. The van der Waals surface area contributed by atoms with Gasteiger partial charge in [-0.3, -0.25) is 0 Å². The van der Waals surface area contributed by atoms with Gasteiger partial charge in [-0.2, -0.15) is 0 Å². The zero-order valence-electron chi connectivity index (χ0n) is 6.29. The average Bonchev–Trinajstić information content (AvgIpc) is 1.69. The number of methoxy groups -OCH3 is 1. The molecule has 0 spiro atoms. The van der Waals surface area contributed by atoms with Crippen LogP contribution >= 0.6 is 0 Å². The van der Waals surface area contributed by atoms with E-state index in [4.69, 9.17) is 10.2 Å². The molecule has 2 N–H and O–H groups in total. The van der Waals surface area contributed by atoms with Crippen molar-refractivity contribution in [3.63, 3.8) is 0 Å². The smallest absolute Gasteiger partial charge is 0.511 e. The Morgan fingerprint density at radius 1 is 1.60 bits per heavy atom. The summed E-state index contributed by atoms with van der Waals surface area (Å²) in [6.07, 6.45) is 0.391. The fourth-order valence-electron chi connectivity index (χ4n) is 0.195. The van der Waals surface area contributed by atoms with Crippen molar-refractivity contribution in [2.45, 2.75) is 0 Å². The molecule has 0 fully saturated rings. The van der Waals surface area contributed by atoms with E-state index in [9.17, 15) is 4.79 Å². The maximum atomic E-state index is 9.81. The van der Waals surface area contributed by atoms with Crippen LogP contribution in [0.5, 0.6) is 0 Å². The Morgan fingerprint density at radius 3 is 2.00 bits per heavy atom. The number of carboxylic acid groups (broad SMARTS) is 1. The predicted molar refractivity (Wildman–Crippen MR) is 31.8 cm³/mol. The Kier molecular flexibility index (Phi) is 14.5. The molecule has 0 aliphatic heterocycles. The van der Waals surface area contributed by atoms with E-state index in [-0.39, 0.29) is 37.0 Å². The number of carbonyl (C=O) groups is 1. The molecule has 54 valence electrons. The monoisotopic (exact) mass is 156 g/mol. The first-order valence-electron chi connectivity index (χ1n) is 1.84. The molecule has 0 bridgehead atoms. The fraction of sp³-hybridized carbons (Fsp3) is 0.200. The van der Waals surface area contributed by atoms with E-state index < -0.39 is 11.7 Å². The molecular formula is C5H9NaO4. The number of aliphatic hydroxyl groups excluding tert-OH is 1. The summed E-state index contributed by atoms with van der Waals surface area (Å²) >= 11 is 0. The zero-order chi connectivity index (χ0) is 6.57. The molecular weight excluding hydrogens is 147 g/mol. The van der Waals surface area contributed by atoms with E-state index in [2.05, 4.69) is 4.74 Å². The van der Waals surface area contributed by atoms with Crippen molar-refractivity contribution in [1.82, 2.24) is 0 Å². The molecule has 5 heteroatoms. The standard InChI is InChI=1S/C4H6O4.CH3.Na/c1-8-3(2-5)4(6)7;;/h2,5H,1H3,(H,6,7);1H3;/q;-1;+1. The van der Waals surface area contributed by atoms with Crippen molar-refractivity contribution in [3.8, 4) is 0 Å². The molecule has 0 atom stereocenters. The van der Waals surface area contributed by atoms with Gasteiger partial charge in [0.05, 0.1) is 7.11 Å². The SMILES string of the molecule is COC(=CO)C(=O)O.[CH3-].[Na+]. The summed E-state index contributed by atoms with van der Waals surface area (Å²) < 4.78 is 4.17. The maximum absolute atomic E-state index is 9.81. The normalized spacial score (nSPS) is 8.70. The van der Waals surface area contributed by atoms with Gasteiger partial charge in [-0.1, -0.05) is 0 Å². The van der Waals surface area contributed by atoms with Crippen LogP contribution in [-0.4, -0.2) is 23.3 Å². The van der Waals surface area contributed by atoms with Crippen LogP contribution in [0, 0.1) is 7.43 Å². The molecule has 0 aromatic heterocycles. The summed E-state index contributed by atoms with van der Waals surface area (Å²) in [6, 6.07) is 0. The molecule has 0 amide bonds.